The number of carbonyl (C=O) groups excluding carboxylic acids is 1. The summed E-state index contributed by atoms with van der Waals surface area (Å²) in [5.74, 6) is 1.77. The second kappa shape index (κ2) is 8.27. The van der Waals surface area contributed by atoms with Crippen LogP contribution >= 0.6 is 11.6 Å². The summed E-state index contributed by atoms with van der Waals surface area (Å²) < 4.78 is 11.2. The molecule has 1 heterocycles. The van der Waals surface area contributed by atoms with E-state index in [1.807, 2.05) is 44.2 Å². The van der Waals surface area contributed by atoms with Crippen molar-refractivity contribution in [3.8, 4) is 11.5 Å². The van der Waals surface area contributed by atoms with Crippen LogP contribution in [0.15, 0.2) is 53.2 Å². The van der Waals surface area contributed by atoms with E-state index in [2.05, 4.69) is 4.99 Å². The van der Waals surface area contributed by atoms with Gasteiger partial charge in [0.25, 0.3) is 5.91 Å². The molecular weight excluding hydrogens is 364 g/mol. The molecule has 1 aliphatic rings. The van der Waals surface area contributed by atoms with Crippen LogP contribution in [-0.4, -0.2) is 36.9 Å². The number of amides is 1. The van der Waals surface area contributed by atoms with Gasteiger partial charge >= 0.3 is 0 Å². The number of likely N-dealkylation sites (N-methyl/N-ethyl adjacent to an activating group) is 1. The monoisotopic (exact) mass is 384 g/mol. The number of amidine groups is 1. The molecule has 2 aromatic rings. The molecule has 3 rings (SSSR count). The van der Waals surface area contributed by atoms with E-state index in [4.69, 9.17) is 21.1 Å². The summed E-state index contributed by atoms with van der Waals surface area (Å²) in [6, 6.07) is 12.8. The van der Waals surface area contributed by atoms with Gasteiger partial charge in [-0.3, -0.25) is 9.69 Å². The van der Waals surface area contributed by atoms with Crippen molar-refractivity contribution in [1.82, 2.24) is 4.90 Å². The number of nitrogens with zero attached hydrogens (tertiary/aromatic N) is 2. The van der Waals surface area contributed by atoms with Crippen LogP contribution in [0.5, 0.6) is 11.5 Å². The number of halogens is 1. The van der Waals surface area contributed by atoms with Gasteiger partial charge in [0.1, 0.15) is 11.5 Å². The highest BCUT2D eigenvalue weighted by Gasteiger charge is 2.27. The third-order valence-corrected chi connectivity index (χ3v) is 4.29. The Kier molecular flexibility index (Phi) is 5.81. The predicted octanol–water partition coefficient (Wildman–Crippen LogP) is 4.40. The van der Waals surface area contributed by atoms with Crippen LogP contribution in [0.3, 0.4) is 0 Å². The zero-order chi connectivity index (χ0) is 19.4. The van der Waals surface area contributed by atoms with Gasteiger partial charge in [-0.25, -0.2) is 4.99 Å². The second-order valence-electron chi connectivity index (χ2n) is 5.91. The van der Waals surface area contributed by atoms with Crippen LogP contribution in [0.2, 0.25) is 5.02 Å². The van der Waals surface area contributed by atoms with Crippen LogP contribution in [0.25, 0.3) is 6.08 Å². The normalized spacial score (nSPS) is 15.3. The molecule has 5 nitrogen and oxygen atoms in total. The standard InChI is InChI=1S/C21H21ClN2O3/c1-4-26-18-11-6-14(13-19(18)27-5-2)12-17-21(25)24(3)20(23-17)15-7-9-16(22)10-8-15/h6-13H,4-5H2,1-3H3/b17-12+. The zero-order valence-corrected chi connectivity index (χ0v) is 16.3. The molecule has 27 heavy (non-hydrogen) atoms. The smallest absolute Gasteiger partial charge is 0.277 e. The van der Waals surface area contributed by atoms with Gasteiger partial charge in [-0.1, -0.05) is 17.7 Å². The van der Waals surface area contributed by atoms with E-state index in [9.17, 15) is 4.79 Å². The van der Waals surface area contributed by atoms with E-state index < -0.39 is 0 Å². The highest BCUT2D eigenvalue weighted by atomic mass is 35.5. The van der Waals surface area contributed by atoms with Crippen molar-refractivity contribution in [2.75, 3.05) is 20.3 Å². The summed E-state index contributed by atoms with van der Waals surface area (Å²) in [6.07, 6.45) is 1.75. The zero-order valence-electron chi connectivity index (χ0n) is 15.5. The minimum Gasteiger partial charge on any atom is -0.490 e. The van der Waals surface area contributed by atoms with Crippen molar-refractivity contribution >= 4 is 29.4 Å². The fraction of sp³-hybridized carbons (Fsp3) is 0.238. The lowest BCUT2D eigenvalue weighted by Crippen LogP contribution is -2.28. The minimum absolute atomic E-state index is 0.160. The van der Waals surface area contributed by atoms with E-state index in [0.717, 1.165) is 11.1 Å². The SMILES string of the molecule is CCOc1ccc(/C=C2/N=C(c3ccc(Cl)cc3)N(C)C2=O)cc1OCC. The first kappa shape index (κ1) is 19.0. The number of hydrogen-bond donors (Lipinski definition) is 0. The molecule has 140 valence electrons. The van der Waals surface area contributed by atoms with Crippen LogP contribution in [0.4, 0.5) is 0 Å². The number of aliphatic imine (C=N–C) groups is 1. The highest BCUT2D eigenvalue weighted by Crippen LogP contribution is 2.30. The Morgan fingerprint density at radius 2 is 1.70 bits per heavy atom. The summed E-state index contributed by atoms with van der Waals surface area (Å²) in [7, 11) is 1.71. The number of rotatable bonds is 6. The lowest BCUT2D eigenvalue weighted by Gasteiger charge is -2.12. The maximum Gasteiger partial charge on any atom is 0.277 e. The molecule has 6 heteroatoms. The summed E-state index contributed by atoms with van der Waals surface area (Å²) >= 11 is 5.94. The Morgan fingerprint density at radius 3 is 2.37 bits per heavy atom. The average molecular weight is 385 g/mol. The average Bonchev–Trinajstić information content (AvgIpc) is 2.93. The quantitative estimate of drug-likeness (QED) is 0.694. The molecule has 1 amide bonds. The fourth-order valence-electron chi connectivity index (χ4n) is 2.77. The van der Waals surface area contributed by atoms with Gasteiger partial charge in [0.05, 0.1) is 13.2 Å². The van der Waals surface area contributed by atoms with Crippen molar-refractivity contribution in [1.29, 1.82) is 0 Å². The van der Waals surface area contributed by atoms with Crippen molar-refractivity contribution in [3.63, 3.8) is 0 Å². The van der Waals surface area contributed by atoms with Crippen LogP contribution < -0.4 is 9.47 Å². The Labute approximate surface area is 163 Å². The van der Waals surface area contributed by atoms with Crippen molar-refractivity contribution in [2.45, 2.75) is 13.8 Å². The van der Waals surface area contributed by atoms with Crippen molar-refractivity contribution in [2.24, 2.45) is 4.99 Å². The molecule has 0 atom stereocenters. The minimum atomic E-state index is -0.160. The van der Waals surface area contributed by atoms with E-state index >= 15 is 0 Å². The Hall–Kier alpha value is -2.79. The second-order valence-corrected chi connectivity index (χ2v) is 6.34. The van der Waals surface area contributed by atoms with Gasteiger partial charge in [-0.05, 0) is 61.9 Å². The molecule has 1 aliphatic heterocycles. The molecule has 0 bridgehead atoms. The Bertz CT molecular complexity index is 904. The fourth-order valence-corrected chi connectivity index (χ4v) is 2.90. The molecule has 0 N–H and O–H groups in total. The molecule has 0 saturated heterocycles. The van der Waals surface area contributed by atoms with Gasteiger partial charge in [-0.2, -0.15) is 0 Å². The van der Waals surface area contributed by atoms with Gasteiger partial charge in [0, 0.05) is 17.6 Å². The first-order valence-electron chi connectivity index (χ1n) is 8.77. The Balaban J connectivity index is 1.95. The maximum absolute atomic E-state index is 12.6. The lowest BCUT2D eigenvalue weighted by molar-refractivity contribution is -0.121. The van der Waals surface area contributed by atoms with Crippen LogP contribution in [-0.2, 0) is 4.79 Å². The van der Waals surface area contributed by atoms with Gasteiger partial charge in [0.15, 0.2) is 11.5 Å². The summed E-state index contributed by atoms with van der Waals surface area (Å²) in [6.45, 7) is 4.92. The lowest BCUT2D eigenvalue weighted by atomic mass is 10.1. The summed E-state index contributed by atoms with van der Waals surface area (Å²) in [5.41, 5.74) is 2.02. The van der Waals surface area contributed by atoms with Gasteiger partial charge in [0.2, 0.25) is 0 Å². The molecule has 0 spiro atoms. The molecule has 0 fully saturated rings. The molecule has 0 saturated carbocycles. The molecule has 0 aliphatic carbocycles. The molecule has 2 aromatic carbocycles. The van der Waals surface area contributed by atoms with Gasteiger partial charge < -0.3 is 9.47 Å². The van der Waals surface area contributed by atoms with E-state index in [-0.39, 0.29) is 5.91 Å². The largest absolute Gasteiger partial charge is 0.490 e. The number of carbonyl (C=O) groups is 1. The molecule has 0 unspecified atom stereocenters. The first-order valence-corrected chi connectivity index (χ1v) is 9.15. The maximum atomic E-state index is 12.6. The summed E-state index contributed by atoms with van der Waals surface area (Å²) in [5, 5.41) is 0.639. The van der Waals surface area contributed by atoms with E-state index in [1.165, 1.54) is 4.90 Å². The third-order valence-electron chi connectivity index (χ3n) is 4.04. The number of ether oxygens (including phenoxy) is 2. The molecule has 0 radical (unpaired) electrons. The number of benzene rings is 2. The van der Waals surface area contributed by atoms with Crippen molar-refractivity contribution < 1.29 is 14.3 Å². The first-order chi connectivity index (χ1) is 13.0. The molecule has 0 aromatic heterocycles. The Morgan fingerprint density at radius 1 is 1.04 bits per heavy atom. The van der Waals surface area contributed by atoms with Crippen LogP contribution in [0.1, 0.15) is 25.0 Å². The van der Waals surface area contributed by atoms with Crippen molar-refractivity contribution in [3.05, 3.63) is 64.3 Å². The van der Waals surface area contributed by atoms with Crippen LogP contribution in [0, 0.1) is 0 Å². The van der Waals surface area contributed by atoms with Gasteiger partial charge in [-0.15, -0.1) is 0 Å². The summed E-state index contributed by atoms with van der Waals surface area (Å²) in [4.78, 5) is 18.7. The van der Waals surface area contributed by atoms with E-state index in [0.29, 0.717) is 41.3 Å². The number of hydrogen-bond acceptors (Lipinski definition) is 4. The molecular formula is C21H21ClN2O3. The topological polar surface area (TPSA) is 51.1 Å². The predicted molar refractivity (Wildman–Crippen MR) is 108 cm³/mol. The highest BCUT2D eigenvalue weighted by molar-refractivity contribution is 6.30. The third kappa shape index (κ3) is 4.14. The van der Waals surface area contributed by atoms with E-state index in [1.54, 1.807) is 25.3 Å².